The van der Waals surface area contributed by atoms with Gasteiger partial charge in [-0.15, -0.1) is 0 Å². The molecule has 0 atom stereocenters. The summed E-state index contributed by atoms with van der Waals surface area (Å²) in [4.78, 5) is 28.3. The average Bonchev–Trinajstić information content (AvgIpc) is 2.65. The van der Waals surface area contributed by atoms with Crippen molar-refractivity contribution < 1.29 is 14.3 Å². The fraction of sp³-hybridized carbons (Fsp3) is 0.579. The van der Waals surface area contributed by atoms with Gasteiger partial charge in [0.15, 0.2) is 0 Å². The summed E-state index contributed by atoms with van der Waals surface area (Å²) in [5.41, 5.74) is 1.46. The van der Waals surface area contributed by atoms with Crippen molar-refractivity contribution in [2.24, 2.45) is 0 Å². The maximum absolute atomic E-state index is 12.2. The Morgan fingerprint density at radius 2 is 1.80 bits per heavy atom. The van der Waals surface area contributed by atoms with Crippen molar-refractivity contribution in [3.63, 3.8) is 0 Å². The normalized spacial score (nSPS) is 14.3. The monoisotopic (exact) mass is 347 g/mol. The molecule has 0 bridgehead atoms. The minimum absolute atomic E-state index is 0.00873. The van der Waals surface area contributed by atoms with Gasteiger partial charge in [0.05, 0.1) is 17.9 Å². The summed E-state index contributed by atoms with van der Waals surface area (Å²) < 4.78 is 5.14. The molecular weight excluding hydrogens is 318 g/mol. The van der Waals surface area contributed by atoms with Crippen molar-refractivity contribution in [3.05, 3.63) is 29.8 Å². The standard InChI is InChI=1S/C19H29N3O3/c1-3-5-8-11-20-19(24)22-14-12-21(13-15-22)17-10-7-6-9-16(17)18(23)25-4-2/h6-7,9-10H,3-5,8,11-15H2,1-2H3,(H,20,24). The predicted octanol–water partition coefficient (Wildman–Crippen LogP) is 2.89. The number of unbranched alkanes of at least 4 members (excludes halogenated alkanes) is 2. The second-order valence-corrected chi connectivity index (χ2v) is 6.15. The molecule has 2 amide bonds. The van der Waals surface area contributed by atoms with E-state index < -0.39 is 0 Å². The summed E-state index contributed by atoms with van der Waals surface area (Å²) in [5, 5.41) is 2.98. The molecule has 6 heteroatoms. The summed E-state index contributed by atoms with van der Waals surface area (Å²) >= 11 is 0. The Bertz CT molecular complexity index is 569. The van der Waals surface area contributed by atoms with Crippen LogP contribution in [0, 0.1) is 0 Å². The van der Waals surface area contributed by atoms with Gasteiger partial charge in [-0.3, -0.25) is 0 Å². The van der Waals surface area contributed by atoms with Crippen molar-refractivity contribution in [2.45, 2.75) is 33.1 Å². The second kappa shape index (κ2) is 9.91. The van der Waals surface area contributed by atoms with Gasteiger partial charge in [0.1, 0.15) is 0 Å². The number of anilines is 1. The molecule has 6 nitrogen and oxygen atoms in total. The molecule has 0 unspecified atom stereocenters. The minimum atomic E-state index is -0.297. The van der Waals surface area contributed by atoms with Crippen molar-refractivity contribution in [1.29, 1.82) is 0 Å². The molecule has 0 aliphatic carbocycles. The summed E-state index contributed by atoms with van der Waals surface area (Å²) in [6, 6.07) is 7.50. The number of piperazine rings is 1. The van der Waals surface area contributed by atoms with E-state index in [0.29, 0.717) is 38.3 Å². The number of rotatable bonds is 7. The molecular formula is C19H29N3O3. The highest BCUT2D eigenvalue weighted by Gasteiger charge is 2.24. The van der Waals surface area contributed by atoms with Gasteiger partial charge in [-0.05, 0) is 25.5 Å². The van der Waals surface area contributed by atoms with E-state index in [1.54, 1.807) is 13.0 Å². The predicted molar refractivity (Wildman–Crippen MR) is 99.1 cm³/mol. The first-order valence-corrected chi connectivity index (χ1v) is 9.21. The van der Waals surface area contributed by atoms with Crippen LogP contribution in [0.3, 0.4) is 0 Å². The Hall–Kier alpha value is -2.24. The van der Waals surface area contributed by atoms with Crippen LogP contribution in [0.15, 0.2) is 24.3 Å². The number of urea groups is 1. The number of carbonyl (C=O) groups is 2. The number of amides is 2. The lowest BCUT2D eigenvalue weighted by atomic mass is 10.1. The van der Waals surface area contributed by atoms with E-state index in [1.807, 2.05) is 23.1 Å². The van der Waals surface area contributed by atoms with E-state index in [2.05, 4.69) is 17.1 Å². The number of esters is 1. The van der Waals surface area contributed by atoms with Crippen LogP contribution in [-0.4, -0.2) is 56.2 Å². The van der Waals surface area contributed by atoms with Crippen molar-refractivity contribution >= 4 is 17.7 Å². The molecule has 1 fully saturated rings. The lowest BCUT2D eigenvalue weighted by Crippen LogP contribution is -2.52. The minimum Gasteiger partial charge on any atom is -0.462 e. The van der Waals surface area contributed by atoms with Crippen LogP contribution < -0.4 is 10.2 Å². The molecule has 1 heterocycles. The molecule has 2 rings (SSSR count). The number of hydrogen-bond donors (Lipinski definition) is 1. The lowest BCUT2D eigenvalue weighted by molar-refractivity contribution is 0.0527. The van der Waals surface area contributed by atoms with Gasteiger partial charge in [-0.2, -0.15) is 0 Å². The summed E-state index contributed by atoms with van der Waals surface area (Å²) in [6.45, 7) is 7.76. The third kappa shape index (κ3) is 5.37. The van der Waals surface area contributed by atoms with Crippen molar-refractivity contribution in [3.8, 4) is 0 Å². The number of nitrogens with zero attached hydrogens (tertiary/aromatic N) is 2. The highest BCUT2D eigenvalue weighted by Crippen LogP contribution is 2.22. The van der Waals surface area contributed by atoms with Crippen LogP contribution in [0.5, 0.6) is 0 Å². The zero-order valence-corrected chi connectivity index (χ0v) is 15.3. The molecule has 1 N–H and O–H groups in total. The molecule has 138 valence electrons. The van der Waals surface area contributed by atoms with Crippen LogP contribution in [0.4, 0.5) is 10.5 Å². The topological polar surface area (TPSA) is 61.9 Å². The van der Waals surface area contributed by atoms with E-state index >= 15 is 0 Å². The van der Waals surface area contributed by atoms with Crippen LogP contribution in [-0.2, 0) is 4.74 Å². The highest BCUT2D eigenvalue weighted by atomic mass is 16.5. The molecule has 0 saturated carbocycles. The molecule has 1 aliphatic rings. The molecule has 25 heavy (non-hydrogen) atoms. The first kappa shape index (κ1) is 19.1. The van der Waals surface area contributed by atoms with Crippen LogP contribution in [0.25, 0.3) is 0 Å². The summed E-state index contributed by atoms with van der Waals surface area (Å²) in [5.74, 6) is -0.297. The number of hydrogen-bond acceptors (Lipinski definition) is 4. The van der Waals surface area contributed by atoms with Gasteiger partial charge in [0.25, 0.3) is 0 Å². The van der Waals surface area contributed by atoms with Gasteiger partial charge in [0, 0.05) is 32.7 Å². The number of para-hydroxylation sites is 1. The van der Waals surface area contributed by atoms with Gasteiger partial charge < -0.3 is 19.9 Å². The fourth-order valence-electron chi connectivity index (χ4n) is 2.96. The van der Waals surface area contributed by atoms with E-state index in [-0.39, 0.29) is 12.0 Å². The second-order valence-electron chi connectivity index (χ2n) is 6.15. The SMILES string of the molecule is CCCCCNC(=O)N1CCN(c2ccccc2C(=O)OCC)CC1. The van der Waals surface area contributed by atoms with E-state index in [1.165, 1.54) is 0 Å². The van der Waals surface area contributed by atoms with E-state index in [4.69, 9.17) is 4.74 Å². The van der Waals surface area contributed by atoms with Crippen LogP contribution >= 0.6 is 0 Å². The largest absolute Gasteiger partial charge is 0.462 e. The average molecular weight is 347 g/mol. The van der Waals surface area contributed by atoms with Crippen molar-refractivity contribution in [1.82, 2.24) is 10.2 Å². The smallest absolute Gasteiger partial charge is 0.340 e. The summed E-state index contributed by atoms with van der Waals surface area (Å²) in [7, 11) is 0. The van der Waals surface area contributed by atoms with Crippen molar-refractivity contribution in [2.75, 3.05) is 44.2 Å². The number of ether oxygens (including phenoxy) is 1. The first-order chi connectivity index (χ1) is 12.2. The highest BCUT2D eigenvalue weighted by molar-refractivity contribution is 5.96. The van der Waals surface area contributed by atoms with Gasteiger partial charge in [0.2, 0.25) is 0 Å². The molecule has 1 saturated heterocycles. The Labute approximate surface area is 150 Å². The van der Waals surface area contributed by atoms with Gasteiger partial charge >= 0.3 is 12.0 Å². The zero-order valence-electron chi connectivity index (χ0n) is 15.3. The number of benzene rings is 1. The third-order valence-electron chi connectivity index (χ3n) is 4.36. The lowest BCUT2D eigenvalue weighted by Gasteiger charge is -2.36. The number of nitrogens with one attached hydrogen (secondary N) is 1. The first-order valence-electron chi connectivity index (χ1n) is 9.21. The Morgan fingerprint density at radius 3 is 2.48 bits per heavy atom. The summed E-state index contributed by atoms with van der Waals surface area (Å²) in [6.07, 6.45) is 3.31. The molecule has 1 aromatic rings. The van der Waals surface area contributed by atoms with Crippen LogP contribution in [0.2, 0.25) is 0 Å². The molecule has 1 aromatic carbocycles. The quantitative estimate of drug-likeness (QED) is 0.608. The van der Waals surface area contributed by atoms with Gasteiger partial charge in [-0.25, -0.2) is 9.59 Å². The van der Waals surface area contributed by atoms with Gasteiger partial charge in [-0.1, -0.05) is 31.9 Å². The molecule has 1 aliphatic heterocycles. The zero-order chi connectivity index (χ0) is 18.1. The molecule has 0 spiro atoms. The third-order valence-corrected chi connectivity index (χ3v) is 4.36. The molecule has 0 aromatic heterocycles. The Kier molecular flexibility index (Phi) is 7.57. The Morgan fingerprint density at radius 1 is 1.08 bits per heavy atom. The maximum Gasteiger partial charge on any atom is 0.340 e. The van der Waals surface area contributed by atoms with E-state index in [9.17, 15) is 9.59 Å². The fourth-order valence-corrected chi connectivity index (χ4v) is 2.96. The molecule has 0 radical (unpaired) electrons. The maximum atomic E-state index is 12.2. The van der Waals surface area contributed by atoms with E-state index in [0.717, 1.165) is 31.5 Å². The van der Waals surface area contributed by atoms with Crippen LogP contribution in [0.1, 0.15) is 43.5 Å². The Balaban J connectivity index is 1.90. The number of carbonyl (C=O) groups excluding carboxylic acids is 2.